The van der Waals surface area contributed by atoms with Crippen molar-refractivity contribution in [1.82, 2.24) is 10.2 Å². The lowest BCUT2D eigenvalue weighted by molar-refractivity contribution is -0.136. The van der Waals surface area contributed by atoms with E-state index >= 15 is 0 Å². The minimum Gasteiger partial charge on any atom is -0.482 e. The Morgan fingerprint density at radius 2 is 1.90 bits per heavy atom. The molecule has 2 amide bonds. The van der Waals surface area contributed by atoms with Crippen molar-refractivity contribution in [1.29, 1.82) is 0 Å². The number of carbonyl (C=O) groups is 2. The van der Waals surface area contributed by atoms with E-state index in [-0.39, 0.29) is 18.4 Å². The molecule has 0 fully saturated rings. The molecule has 0 heterocycles. The fourth-order valence-electron chi connectivity index (χ4n) is 1.91. The van der Waals surface area contributed by atoms with Crippen LogP contribution in [0.2, 0.25) is 0 Å². The van der Waals surface area contributed by atoms with Crippen LogP contribution in [-0.4, -0.2) is 42.5 Å². The number of ether oxygens (including phenoxy) is 1. The third-order valence-corrected chi connectivity index (χ3v) is 3.10. The summed E-state index contributed by atoms with van der Waals surface area (Å²) in [4.78, 5) is 25.5. The molecule has 116 valence electrons. The van der Waals surface area contributed by atoms with E-state index in [1.165, 1.54) is 0 Å². The topological polar surface area (TPSA) is 84.7 Å². The van der Waals surface area contributed by atoms with Crippen LogP contribution in [0.5, 0.6) is 5.75 Å². The Kier molecular flexibility index (Phi) is 6.52. The molecule has 6 heteroatoms. The van der Waals surface area contributed by atoms with Gasteiger partial charge >= 0.3 is 0 Å². The molecule has 1 unspecified atom stereocenters. The SMILES string of the molecule is CCN(CC)C(=O)C(C)NC(=O)COc1ccccc1N. The van der Waals surface area contributed by atoms with Gasteiger partial charge in [-0.15, -0.1) is 0 Å². The molecule has 0 spiro atoms. The Labute approximate surface area is 125 Å². The highest BCUT2D eigenvalue weighted by Gasteiger charge is 2.20. The third kappa shape index (κ3) is 4.98. The third-order valence-electron chi connectivity index (χ3n) is 3.10. The largest absolute Gasteiger partial charge is 0.482 e. The van der Waals surface area contributed by atoms with Crippen molar-refractivity contribution in [3.63, 3.8) is 0 Å². The van der Waals surface area contributed by atoms with Crippen LogP contribution in [-0.2, 0) is 9.59 Å². The average molecular weight is 293 g/mol. The maximum Gasteiger partial charge on any atom is 0.258 e. The highest BCUT2D eigenvalue weighted by Crippen LogP contribution is 2.19. The molecule has 0 aliphatic rings. The first kappa shape index (κ1) is 16.8. The number of hydrogen-bond acceptors (Lipinski definition) is 4. The second kappa shape index (κ2) is 8.14. The lowest BCUT2D eigenvalue weighted by Gasteiger charge is -2.23. The van der Waals surface area contributed by atoms with Gasteiger partial charge in [0, 0.05) is 13.1 Å². The Balaban J connectivity index is 2.47. The number of nitrogen functional groups attached to an aromatic ring is 1. The van der Waals surface area contributed by atoms with Crippen molar-refractivity contribution in [3.05, 3.63) is 24.3 Å². The molecule has 1 aromatic carbocycles. The van der Waals surface area contributed by atoms with Gasteiger partial charge in [0.1, 0.15) is 11.8 Å². The average Bonchev–Trinajstić information content (AvgIpc) is 2.47. The number of likely N-dealkylation sites (N-methyl/N-ethyl adjacent to an activating group) is 1. The quantitative estimate of drug-likeness (QED) is 0.735. The van der Waals surface area contributed by atoms with Gasteiger partial charge in [-0.3, -0.25) is 9.59 Å². The van der Waals surface area contributed by atoms with Crippen LogP contribution in [0.25, 0.3) is 0 Å². The number of benzene rings is 1. The van der Waals surface area contributed by atoms with Crippen LogP contribution < -0.4 is 15.8 Å². The summed E-state index contributed by atoms with van der Waals surface area (Å²) in [6, 6.07) is 6.37. The molecular weight excluding hydrogens is 270 g/mol. The van der Waals surface area contributed by atoms with E-state index in [2.05, 4.69) is 5.32 Å². The summed E-state index contributed by atoms with van der Waals surface area (Å²) < 4.78 is 5.33. The molecule has 0 saturated carbocycles. The molecule has 21 heavy (non-hydrogen) atoms. The molecule has 6 nitrogen and oxygen atoms in total. The zero-order valence-corrected chi connectivity index (χ0v) is 12.8. The van der Waals surface area contributed by atoms with E-state index < -0.39 is 6.04 Å². The van der Waals surface area contributed by atoms with E-state index in [0.717, 1.165) is 0 Å². The number of amides is 2. The summed E-state index contributed by atoms with van der Waals surface area (Å²) in [7, 11) is 0. The number of anilines is 1. The monoisotopic (exact) mass is 293 g/mol. The van der Waals surface area contributed by atoms with Crippen LogP contribution in [0.15, 0.2) is 24.3 Å². The standard InChI is InChI=1S/C15H23N3O3/c1-4-18(5-2)15(20)11(3)17-14(19)10-21-13-9-7-6-8-12(13)16/h6-9,11H,4-5,10,16H2,1-3H3,(H,17,19). The van der Waals surface area contributed by atoms with E-state index in [4.69, 9.17) is 10.5 Å². The van der Waals surface area contributed by atoms with E-state index in [0.29, 0.717) is 24.5 Å². The zero-order chi connectivity index (χ0) is 15.8. The van der Waals surface area contributed by atoms with Crippen LogP contribution in [0, 0.1) is 0 Å². The van der Waals surface area contributed by atoms with Crippen LogP contribution in [0.4, 0.5) is 5.69 Å². The first-order valence-corrected chi connectivity index (χ1v) is 7.05. The number of nitrogens with zero attached hydrogens (tertiary/aromatic N) is 1. The van der Waals surface area contributed by atoms with E-state index in [1.54, 1.807) is 36.1 Å². The molecule has 1 aromatic rings. The number of hydrogen-bond donors (Lipinski definition) is 2. The fraction of sp³-hybridized carbons (Fsp3) is 0.467. The number of nitrogens with two attached hydrogens (primary N) is 1. The predicted molar refractivity (Wildman–Crippen MR) is 81.9 cm³/mol. The molecule has 1 atom stereocenters. The maximum absolute atomic E-state index is 12.0. The Morgan fingerprint density at radius 3 is 2.48 bits per heavy atom. The first-order chi connectivity index (χ1) is 9.99. The lowest BCUT2D eigenvalue weighted by atomic mass is 10.2. The molecule has 0 radical (unpaired) electrons. The predicted octanol–water partition coefficient (Wildman–Crippen LogP) is 1.02. The molecule has 3 N–H and O–H groups in total. The molecular formula is C15H23N3O3. The van der Waals surface area contributed by atoms with Gasteiger partial charge in [0.05, 0.1) is 5.69 Å². The molecule has 0 aliphatic heterocycles. The summed E-state index contributed by atoms with van der Waals surface area (Å²) in [6.07, 6.45) is 0. The Morgan fingerprint density at radius 1 is 1.29 bits per heavy atom. The number of nitrogens with one attached hydrogen (secondary N) is 1. The van der Waals surface area contributed by atoms with Gasteiger partial charge in [-0.05, 0) is 32.9 Å². The Hall–Kier alpha value is -2.24. The molecule has 0 saturated heterocycles. The molecule has 1 rings (SSSR count). The summed E-state index contributed by atoms with van der Waals surface area (Å²) in [6.45, 7) is 6.52. The highest BCUT2D eigenvalue weighted by molar-refractivity contribution is 5.87. The summed E-state index contributed by atoms with van der Waals surface area (Å²) in [5.74, 6) is -0.00536. The van der Waals surface area contributed by atoms with Gasteiger partial charge in [0.25, 0.3) is 5.91 Å². The number of rotatable bonds is 7. The second-order valence-electron chi connectivity index (χ2n) is 4.63. The number of carbonyl (C=O) groups excluding carboxylic acids is 2. The van der Waals surface area contributed by atoms with Crippen LogP contribution >= 0.6 is 0 Å². The van der Waals surface area contributed by atoms with Gasteiger partial charge in [-0.1, -0.05) is 12.1 Å². The minimum atomic E-state index is -0.575. The van der Waals surface area contributed by atoms with E-state index in [9.17, 15) is 9.59 Å². The fourth-order valence-corrected chi connectivity index (χ4v) is 1.91. The molecule has 0 aromatic heterocycles. The van der Waals surface area contributed by atoms with Gasteiger partial charge in [-0.2, -0.15) is 0 Å². The van der Waals surface area contributed by atoms with Crippen LogP contribution in [0.1, 0.15) is 20.8 Å². The van der Waals surface area contributed by atoms with Crippen molar-refractivity contribution >= 4 is 17.5 Å². The number of para-hydroxylation sites is 2. The lowest BCUT2D eigenvalue weighted by Crippen LogP contribution is -2.48. The maximum atomic E-state index is 12.0. The second-order valence-corrected chi connectivity index (χ2v) is 4.63. The summed E-state index contributed by atoms with van der Waals surface area (Å²) in [5, 5.41) is 2.62. The van der Waals surface area contributed by atoms with Crippen LogP contribution in [0.3, 0.4) is 0 Å². The smallest absolute Gasteiger partial charge is 0.258 e. The highest BCUT2D eigenvalue weighted by atomic mass is 16.5. The first-order valence-electron chi connectivity index (χ1n) is 7.05. The summed E-state index contributed by atoms with van der Waals surface area (Å²) >= 11 is 0. The zero-order valence-electron chi connectivity index (χ0n) is 12.8. The summed E-state index contributed by atoms with van der Waals surface area (Å²) in [5.41, 5.74) is 6.18. The molecule has 0 aliphatic carbocycles. The van der Waals surface area contributed by atoms with Crippen molar-refractivity contribution in [2.75, 3.05) is 25.4 Å². The Bertz CT molecular complexity index is 487. The van der Waals surface area contributed by atoms with Crippen molar-refractivity contribution in [2.45, 2.75) is 26.8 Å². The van der Waals surface area contributed by atoms with Gasteiger partial charge in [0.15, 0.2) is 6.61 Å². The molecule has 0 bridgehead atoms. The minimum absolute atomic E-state index is 0.104. The van der Waals surface area contributed by atoms with Gasteiger partial charge < -0.3 is 20.7 Å². The van der Waals surface area contributed by atoms with Crippen molar-refractivity contribution in [3.8, 4) is 5.75 Å². The van der Waals surface area contributed by atoms with Gasteiger partial charge in [0.2, 0.25) is 5.91 Å². The van der Waals surface area contributed by atoms with E-state index in [1.807, 2.05) is 13.8 Å². The normalized spacial score (nSPS) is 11.6. The van der Waals surface area contributed by atoms with Gasteiger partial charge in [-0.25, -0.2) is 0 Å². The van der Waals surface area contributed by atoms with Crippen molar-refractivity contribution in [2.24, 2.45) is 0 Å². The van der Waals surface area contributed by atoms with Crippen molar-refractivity contribution < 1.29 is 14.3 Å².